The third kappa shape index (κ3) is 1.69. The van der Waals surface area contributed by atoms with Crippen LogP contribution in [0.5, 0.6) is 0 Å². The van der Waals surface area contributed by atoms with Crippen LogP contribution in [-0.4, -0.2) is 11.0 Å². The van der Waals surface area contributed by atoms with Gasteiger partial charge in [-0.05, 0) is 42.9 Å². The molecule has 1 heterocycles. The monoisotopic (exact) mass is 212 g/mol. The summed E-state index contributed by atoms with van der Waals surface area (Å²) in [4.78, 5) is 4.40. The molecule has 16 heavy (non-hydrogen) atoms. The second-order valence-electron chi connectivity index (χ2n) is 4.73. The standard InChI is InChI=1S/C14H16N2/c15-13-6-5-11(8-13)12-4-3-10-2-1-7-16-14(10)9-12/h1-4,7,9,11,13H,5-6,8,15H2. The molecule has 0 saturated heterocycles. The highest BCUT2D eigenvalue weighted by Gasteiger charge is 2.23. The molecule has 0 amide bonds. The van der Waals surface area contributed by atoms with E-state index in [1.807, 2.05) is 12.3 Å². The molecule has 0 spiro atoms. The van der Waals surface area contributed by atoms with E-state index in [0.29, 0.717) is 12.0 Å². The quantitative estimate of drug-likeness (QED) is 0.789. The summed E-state index contributed by atoms with van der Waals surface area (Å²) in [6.45, 7) is 0. The third-order valence-corrected chi connectivity index (χ3v) is 3.57. The van der Waals surface area contributed by atoms with Crippen molar-refractivity contribution in [2.75, 3.05) is 0 Å². The van der Waals surface area contributed by atoms with Gasteiger partial charge >= 0.3 is 0 Å². The highest BCUT2D eigenvalue weighted by molar-refractivity contribution is 5.79. The molecule has 2 nitrogen and oxygen atoms in total. The fourth-order valence-electron chi connectivity index (χ4n) is 2.66. The fourth-order valence-corrected chi connectivity index (χ4v) is 2.66. The molecule has 0 aliphatic heterocycles. The van der Waals surface area contributed by atoms with Gasteiger partial charge < -0.3 is 5.73 Å². The minimum absolute atomic E-state index is 0.393. The van der Waals surface area contributed by atoms with Crippen molar-refractivity contribution in [1.29, 1.82) is 0 Å². The van der Waals surface area contributed by atoms with Crippen molar-refractivity contribution in [2.45, 2.75) is 31.2 Å². The molecule has 1 aromatic heterocycles. The number of rotatable bonds is 1. The lowest BCUT2D eigenvalue weighted by Crippen LogP contribution is -2.14. The first-order valence-corrected chi connectivity index (χ1v) is 5.93. The van der Waals surface area contributed by atoms with E-state index in [0.717, 1.165) is 18.4 Å². The van der Waals surface area contributed by atoms with Crippen LogP contribution in [0, 0.1) is 0 Å². The summed E-state index contributed by atoms with van der Waals surface area (Å²) >= 11 is 0. The fraction of sp³-hybridized carbons (Fsp3) is 0.357. The molecular formula is C14H16N2. The summed E-state index contributed by atoms with van der Waals surface area (Å²) in [6, 6.07) is 11.1. The van der Waals surface area contributed by atoms with Crippen LogP contribution in [0.4, 0.5) is 0 Å². The lowest BCUT2D eigenvalue weighted by Gasteiger charge is -2.10. The average Bonchev–Trinajstić information content (AvgIpc) is 2.75. The number of nitrogens with two attached hydrogens (primary N) is 1. The Morgan fingerprint density at radius 1 is 1.19 bits per heavy atom. The molecule has 2 unspecified atom stereocenters. The smallest absolute Gasteiger partial charge is 0.0704 e. The molecule has 1 aromatic carbocycles. The van der Waals surface area contributed by atoms with Crippen molar-refractivity contribution >= 4 is 10.9 Å². The van der Waals surface area contributed by atoms with Crippen LogP contribution in [0.25, 0.3) is 10.9 Å². The topological polar surface area (TPSA) is 38.9 Å². The average molecular weight is 212 g/mol. The molecule has 0 bridgehead atoms. The Kier molecular flexibility index (Phi) is 2.37. The van der Waals surface area contributed by atoms with Crippen molar-refractivity contribution in [3.8, 4) is 0 Å². The molecule has 2 N–H and O–H groups in total. The van der Waals surface area contributed by atoms with Gasteiger partial charge in [0.25, 0.3) is 0 Å². The lowest BCUT2D eigenvalue weighted by atomic mass is 9.96. The normalized spacial score (nSPS) is 25.1. The van der Waals surface area contributed by atoms with Crippen molar-refractivity contribution < 1.29 is 0 Å². The summed E-state index contributed by atoms with van der Waals surface area (Å²) in [5, 5.41) is 1.22. The van der Waals surface area contributed by atoms with E-state index in [9.17, 15) is 0 Å². The Bertz CT molecular complexity index is 507. The molecular weight excluding hydrogens is 196 g/mol. The largest absolute Gasteiger partial charge is 0.328 e. The molecule has 1 aliphatic carbocycles. The molecule has 1 fully saturated rings. The van der Waals surface area contributed by atoms with E-state index >= 15 is 0 Å². The maximum atomic E-state index is 5.96. The predicted octanol–water partition coefficient (Wildman–Crippen LogP) is 2.83. The van der Waals surface area contributed by atoms with Crippen LogP contribution in [0.2, 0.25) is 0 Å². The molecule has 2 atom stereocenters. The zero-order valence-electron chi connectivity index (χ0n) is 9.26. The third-order valence-electron chi connectivity index (χ3n) is 3.57. The summed E-state index contributed by atoms with van der Waals surface area (Å²) in [6.07, 6.45) is 5.36. The highest BCUT2D eigenvalue weighted by Crippen LogP contribution is 2.34. The molecule has 3 rings (SSSR count). The van der Waals surface area contributed by atoms with Crippen LogP contribution in [0.3, 0.4) is 0 Å². The SMILES string of the molecule is NC1CCC(c2ccc3cccnc3c2)C1. The van der Waals surface area contributed by atoms with Crippen LogP contribution >= 0.6 is 0 Å². The number of pyridine rings is 1. The lowest BCUT2D eigenvalue weighted by molar-refractivity contribution is 0.675. The van der Waals surface area contributed by atoms with E-state index in [1.54, 1.807) is 0 Å². The number of hydrogen-bond donors (Lipinski definition) is 1. The highest BCUT2D eigenvalue weighted by atomic mass is 14.7. The summed E-state index contributed by atoms with van der Waals surface area (Å²) in [7, 11) is 0. The van der Waals surface area contributed by atoms with Crippen molar-refractivity contribution in [1.82, 2.24) is 4.98 Å². The molecule has 2 aromatic rings. The molecule has 0 radical (unpaired) electrons. The summed E-state index contributed by atoms with van der Waals surface area (Å²) in [5.41, 5.74) is 8.46. The molecule has 1 saturated carbocycles. The molecule has 1 aliphatic rings. The zero-order valence-corrected chi connectivity index (χ0v) is 9.26. The number of fused-ring (bicyclic) bond motifs is 1. The maximum absolute atomic E-state index is 5.96. The first-order valence-electron chi connectivity index (χ1n) is 5.93. The Morgan fingerprint density at radius 2 is 2.12 bits per heavy atom. The van der Waals surface area contributed by atoms with Gasteiger partial charge in [0.1, 0.15) is 0 Å². The first kappa shape index (κ1) is 9.79. The van der Waals surface area contributed by atoms with Gasteiger partial charge in [-0.15, -0.1) is 0 Å². The van der Waals surface area contributed by atoms with E-state index in [-0.39, 0.29) is 0 Å². The minimum Gasteiger partial charge on any atom is -0.328 e. The first-order chi connectivity index (χ1) is 7.83. The number of nitrogens with zero attached hydrogens (tertiary/aromatic N) is 1. The van der Waals surface area contributed by atoms with Gasteiger partial charge in [0.2, 0.25) is 0 Å². The second kappa shape index (κ2) is 3.87. The van der Waals surface area contributed by atoms with Gasteiger partial charge in [-0.25, -0.2) is 0 Å². The Hall–Kier alpha value is -1.41. The van der Waals surface area contributed by atoms with Gasteiger partial charge in [-0.2, -0.15) is 0 Å². The Labute approximate surface area is 95.5 Å². The molecule has 2 heteroatoms. The second-order valence-corrected chi connectivity index (χ2v) is 4.73. The Morgan fingerprint density at radius 3 is 2.94 bits per heavy atom. The molecule has 82 valence electrons. The van der Waals surface area contributed by atoms with Gasteiger partial charge in [0.05, 0.1) is 5.52 Å². The van der Waals surface area contributed by atoms with E-state index < -0.39 is 0 Å². The van der Waals surface area contributed by atoms with Crippen molar-refractivity contribution in [3.05, 3.63) is 42.1 Å². The van der Waals surface area contributed by atoms with Crippen LogP contribution in [0.15, 0.2) is 36.5 Å². The van der Waals surface area contributed by atoms with Gasteiger partial charge in [0.15, 0.2) is 0 Å². The van der Waals surface area contributed by atoms with Crippen molar-refractivity contribution in [3.63, 3.8) is 0 Å². The summed E-state index contributed by atoms with van der Waals surface area (Å²) < 4.78 is 0. The number of hydrogen-bond acceptors (Lipinski definition) is 2. The van der Waals surface area contributed by atoms with E-state index in [1.165, 1.54) is 17.4 Å². The van der Waals surface area contributed by atoms with Crippen LogP contribution in [0.1, 0.15) is 30.7 Å². The van der Waals surface area contributed by atoms with Gasteiger partial charge in [0, 0.05) is 17.6 Å². The van der Waals surface area contributed by atoms with Gasteiger partial charge in [-0.3, -0.25) is 4.98 Å². The number of aromatic nitrogens is 1. The number of benzene rings is 1. The van der Waals surface area contributed by atoms with E-state index in [4.69, 9.17) is 5.73 Å². The van der Waals surface area contributed by atoms with Gasteiger partial charge in [-0.1, -0.05) is 18.2 Å². The van der Waals surface area contributed by atoms with Crippen molar-refractivity contribution in [2.24, 2.45) is 5.73 Å². The predicted molar refractivity (Wildman–Crippen MR) is 66.3 cm³/mol. The minimum atomic E-state index is 0.393. The maximum Gasteiger partial charge on any atom is 0.0704 e. The summed E-state index contributed by atoms with van der Waals surface area (Å²) in [5.74, 6) is 0.640. The zero-order chi connectivity index (χ0) is 11.0. The Balaban J connectivity index is 1.99. The van der Waals surface area contributed by atoms with E-state index in [2.05, 4.69) is 29.2 Å². The van der Waals surface area contributed by atoms with Crippen LogP contribution < -0.4 is 5.73 Å². The van der Waals surface area contributed by atoms with Crippen LogP contribution in [-0.2, 0) is 0 Å².